The largest absolute Gasteiger partial charge is 0.416 e. The van der Waals surface area contributed by atoms with Gasteiger partial charge in [0.15, 0.2) is 0 Å². The first-order valence-corrected chi connectivity index (χ1v) is 6.40. The summed E-state index contributed by atoms with van der Waals surface area (Å²) in [7, 11) is 1.46. The van der Waals surface area contributed by atoms with Crippen LogP contribution in [0.5, 0.6) is 0 Å². The molecule has 1 aliphatic heterocycles. The second kappa shape index (κ2) is 5.88. The average Bonchev–Trinajstić information content (AvgIpc) is 2.45. The molecular formula is C13H15F4N3O. The van der Waals surface area contributed by atoms with Crippen LogP contribution in [-0.4, -0.2) is 38.6 Å². The summed E-state index contributed by atoms with van der Waals surface area (Å²) in [6.45, 7) is 1.16. The number of piperazine rings is 1. The number of hydrogen-bond acceptors (Lipinski definition) is 3. The van der Waals surface area contributed by atoms with Gasteiger partial charge in [-0.05, 0) is 18.2 Å². The first-order valence-electron chi connectivity index (χ1n) is 6.40. The zero-order chi connectivity index (χ0) is 15.6. The highest BCUT2D eigenvalue weighted by Gasteiger charge is 2.33. The van der Waals surface area contributed by atoms with Crippen LogP contribution in [0.15, 0.2) is 18.2 Å². The Morgan fingerprint density at radius 3 is 2.71 bits per heavy atom. The maximum atomic E-state index is 14.0. The van der Waals surface area contributed by atoms with Crippen LogP contribution in [0.3, 0.4) is 0 Å². The third kappa shape index (κ3) is 3.26. The van der Waals surface area contributed by atoms with Crippen molar-refractivity contribution in [1.82, 2.24) is 10.6 Å². The lowest BCUT2D eigenvalue weighted by atomic mass is 10.1. The van der Waals surface area contributed by atoms with Gasteiger partial charge in [0.2, 0.25) is 5.91 Å². The molecule has 2 rings (SSSR count). The van der Waals surface area contributed by atoms with Crippen LogP contribution in [0.1, 0.15) is 5.56 Å². The van der Waals surface area contributed by atoms with Gasteiger partial charge in [-0.15, -0.1) is 0 Å². The molecule has 1 atom stereocenters. The number of rotatable bonds is 2. The molecular weight excluding hydrogens is 290 g/mol. The van der Waals surface area contributed by atoms with E-state index in [4.69, 9.17) is 0 Å². The molecule has 0 radical (unpaired) electrons. The number of anilines is 1. The fourth-order valence-electron chi connectivity index (χ4n) is 2.31. The molecule has 0 aromatic heterocycles. The lowest BCUT2D eigenvalue weighted by Crippen LogP contribution is -2.57. The SMILES string of the molecule is CNC(=O)C1CNCCN1c1ccc(C(F)(F)F)cc1F. The van der Waals surface area contributed by atoms with Crippen molar-refractivity contribution in [1.29, 1.82) is 0 Å². The molecule has 1 amide bonds. The van der Waals surface area contributed by atoms with Gasteiger partial charge < -0.3 is 15.5 Å². The molecule has 0 saturated carbocycles. The Balaban J connectivity index is 2.33. The standard InChI is InChI=1S/C13H15F4N3O/c1-18-12(21)11-7-19-4-5-20(11)10-3-2-8(6-9(10)14)13(15,16)17/h2-3,6,11,19H,4-5,7H2,1H3,(H,18,21). The fraction of sp³-hybridized carbons (Fsp3) is 0.462. The molecule has 116 valence electrons. The summed E-state index contributed by atoms with van der Waals surface area (Å²) in [5.74, 6) is -1.30. The zero-order valence-corrected chi connectivity index (χ0v) is 11.3. The average molecular weight is 305 g/mol. The van der Waals surface area contributed by atoms with Crippen molar-refractivity contribution in [2.75, 3.05) is 31.6 Å². The molecule has 1 unspecified atom stereocenters. The van der Waals surface area contributed by atoms with E-state index in [0.717, 1.165) is 12.1 Å². The highest BCUT2D eigenvalue weighted by atomic mass is 19.4. The summed E-state index contributed by atoms with van der Waals surface area (Å²) in [6, 6.07) is 1.69. The predicted octanol–water partition coefficient (Wildman–Crippen LogP) is 1.37. The number of halogens is 4. The summed E-state index contributed by atoms with van der Waals surface area (Å²) in [5.41, 5.74) is -1.05. The van der Waals surface area contributed by atoms with E-state index in [1.54, 1.807) is 0 Å². The first kappa shape index (κ1) is 15.6. The van der Waals surface area contributed by atoms with Gasteiger partial charge in [0, 0.05) is 26.7 Å². The van der Waals surface area contributed by atoms with Crippen molar-refractivity contribution in [3.63, 3.8) is 0 Å². The van der Waals surface area contributed by atoms with Crippen molar-refractivity contribution in [2.45, 2.75) is 12.2 Å². The number of amides is 1. The number of nitrogens with one attached hydrogen (secondary N) is 2. The minimum absolute atomic E-state index is 0.00176. The molecule has 21 heavy (non-hydrogen) atoms. The summed E-state index contributed by atoms with van der Waals surface area (Å²) >= 11 is 0. The summed E-state index contributed by atoms with van der Waals surface area (Å²) < 4.78 is 51.7. The van der Waals surface area contributed by atoms with Crippen LogP contribution in [-0.2, 0) is 11.0 Å². The molecule has 2 N–H and O–H groups in total. The van der Waals surface area contributed by atoms with E-state index in [-0.39, 0.29) is 11.6 Å². The molecule has 1 aromatic carbocycles. The van der Waals surface area contributed by atoms with Gasteiger partial charge in [0.25, 0.3) is 0 Å². The topological polar surface area (TPSA) is 44.4 Å². The van der Waals surface area contributed by atoms with Gasteiger partial charge >= 0.3 is 6.18 Å². The smallest absolute Gasteiger partial charge is 0.357 e. The number of carbonyl (C=O) groups excluding carboxylic acids is 1. The Morgan fingerprint density at radius 2 is 2.14 bits per heavy atom. The van der Waals surface area contributed by atoms with E-state index < -0.39 is 23.6 Å². The molecule has 1 heterocycles. The van der Waals surface area contributed by atoms with Crippen molar-refractivity contribution < 1.29 is 22.4 Å². The number of alkyl halides is 3. The van der Waals surface area contributed by atoms with Crippen LogP contribution in [0.25, 0.3) is 0 Å². The lowest BCUT2D eigenvalue weighted by molar-refractivity contribution is -0.137. The number of likely N-dealkylation sites (N-methyl/N-ethyl adjacent to an activating group) is 1. The monoisotopic (exact) mass is 305 g/mol. The first-order chi connectivity index (χ1) is 9.84. The van der Waals surface area contributed by atoms with Crippen molar-refractivity contribution >= 4 is 11.6 Å². The van der Waals surface area contributed by atoms with Crippen molar-refractivity contribution in [3.8, 4) is 0 Å². The maximum Gasteiger partial charge on any atom is 0.416 e. The minimum atomic E-state index is -4.59. The Bertz CT molecular complexity index is 533. The van der Waals surface area contributed by atoms with Crippen LogP contribution in [0.4, 0.5) is 23.2 Å². The predicted molar refractivity (Wildman–Crippen MR) is 69.5 cm³/mol. The Hall–Kier alpha value is -1.83. The summed E-state index contributed by atoms with van der Waals surface area (Å²) in [4.78, 5) is 13.3. The van der Waals surface area contributed by atoms with E-state index in [0.29, 0.717) is 25.7 Å². The third-order valence-corrected chi connectivity index (χ3v) is 3.38. The summed E-state index contributed by atoms with van der Waals surface area (Å²) in [5, 5.41) is 5.47. The minimum Gasteiger partial charge on any atom is -0.357 e. The van der Waals surface area contributed by atoms with Gasteiger partial charge in [-0.25, -0.2) is 4.39 Å². The molecule has 0 aliphatic carbocycles. The van der Waals surface area contributed by atoms with Crippen LogP contribution < -0.4 is 15.5 Å². The molecule has 1 fully saturated rings. The molecule has 1 aromatic rings. The molecule has 1 aliphatic rings. The van der Waals surface area contributed by atoms with Gasteiger partial charge in [-0.3, -0.25) is 4.79 Å². The molecule has 8 heteroatoms. The molecule has 4 nitrogen and oxygen atoms in total. The lowest BCUT2D eigenvalue weighted by Gasteiger charge is -2.36. The quantitative estimate of drug-likeness (QED) is 0.811. The second-order valence-electron chi connectivity index (χ2n) is 4.69. The van der Waals surface area contributed by atoms with Crippen molar-refractivity contribution in [2.24, 2.45) is 0 Å². The van der Waals surface area contributed by atoms with Gasteiger partial charge in [0.05, 0.1) is 11.3 Å². The van der Waals surface area contributed by atoms with Gasteiger partial charge in [-0.1, -0.05) is 0 Å². The number of nitrogens with zero attached hydrogens (tertiary/aromatic N) is 1. The van der Waals surface area contributed by atoms with Gasteiger partial charge in [0.1, 0.15) is 11.9 Å². The van der Waals surface area contributed by atoms with Gasteiger partial charge in [-0.2, -0.15) is 13.2 Å². The van der Waals surface area contributed by atoms with Crippen LogP contribution in [0.2, 0.25) is 0 Å². The zero-order valence-electron chi connectivity index (χ0n) is 11.3. The number of hydrogen-bond donors (Lipinski definition) is 2. The maximum absolute atomic E-state index is 14.0. The third-order valence-electron chi connectivity index (χ3n) is 3.38. The fourth-order valence-corrected chi connectivity index (χ4v) is 2.31. The van der Waals surface area contributed by atoms with E-state index >= 15 is 0 Å². The van der Waals surface area contributed by atoms with E-state index in [2.05, 4.69) is 10.6 Å². The highest BCUT2D eigenvalue weighted by molar-refractivity contribution is 5.85. The molecule has 1 saturated heterocycles. The Morgan fingerprint density at radius 1 is 1.43 bits per heavy atom. The second-order valence-corrected chi connectivity index (χ2v) is 4.69. The van der Waals surface area contributed by atoms with Crippen LogP contribution in [0, 0.1) is 5.82 Å². The highest BCUT2D eigenvalue weighted by Crippen LogP contribution is 2.32. The number of carbonyl (C=O) groups is 1. The van der Waals surface area contributed by atoms with E-state index in [1.807, 2.05) is 0 Å². The van der Waals surface area contributed by atoms with Crippen molar-refractivity contribution in [3.05, 3.63) is 29.6 Å². The Kier molecular flexibility index (Phi) is 4.36. The van der Waals surface area contributed by atoms with E-state index in [1.165, 1.54) is 11.9 Å². The Labute approximate surface area is 119 Å². The summed E-state index contributed by atoms with van der Waals surface area (Å²) in [6.07, 6.45) is -4.59. The normalized spacial score (nSPS) is 19.5. The van der Waals surface area contributed by atoms with Crippen LogP contribution >= 0.6 is 0 Å². The molecule has 0 spiro atoms. The number of benzene rings is 1. The van der Waals surface area contributed by atoms with E-state index in [9.17, 15) is 22.4 Å². The molecule has 0 bridgehead atoms.